The Balaban J connectivity index is 1.85. The predicted molar refractivity (Wildman–Crippen MR) is 70.7 cm³/mol. The molecule has 0 spiro atoms. The standard InChI is InChI=1S/C13H13NO3S/c15-14(16)7-5-11-1-3-13(4-2-11)17-9-12-6-8-18-10-12/h1-4,6,8,10H,5,7,9H2. The Morgan fingerprint density at radius 2 is 1.94 bits per heavy atom. The molecule has 4 nitrogen and oxygen atoms in total. The van der Waals surface area contributed by atoms with Crippen LogP contribution < -0.4 is 4.74 Å². The lowest BCUT2D eigenvalue weighted by Gasteiger charge is -2.05. The summed E-state index contributed by atoms with van der Waals surface area (Å²) < 4.78 is 5.60. The van der Waals surface area contributed by atoms with E-state index in [2.05, 4.69) is 0 Å². The van der Waals surface area contributed by atoms with Crippen molar-refractivity contribution in [2.24, 2.45) is 0 Å². The molecule has 0 aliphatic rings. The fraction of sp³-hybridized carbons (Fsp3) is 0.231. The second-order valence-electron chi connectivity index (χ2n) is 3.87. The maximum absolute atomic E-state index is 10.3. The van der Waals surface area contributed by atoms with Gasteiger partial charge in [0, 0.05) is 11.3 Å². The van der Waals surface area contributed by atoms with Crippen LogP contribution >= 0.6 is 11.3 Å². The summed E-state index contributed by atoms with van der Waals surface area (Å²) in [5.41, 5.74) is 2.10. The van der Waals surface area contributed by atoms with Crippen molar-refractivity contribution in [1.82, 2.24) is 0 Å². The van der Waals surface area contributed by atoms with Crippen LogP contribution in [0, 0.1) is 10.1 Å². The van der Waals surface area contributed by atoms with E-state index in [1.54, 1.807) is 11.3 Å². The molecule has 0 aliphatic carbocycles. The number of thiophene rings is 1. The number of ether oxygens (including phenoxy) is 1. The molecule has 0 aliphatic heterocycles. The molecule has 0 N–H and O–H groups in total. The lowest BCUT2D eigenvalue weighted by molar-refractivity contribution is -0.479. The first-order valence-electron chi connectivity index (χ1n) is 5.58. The van der Waals surface area contributed by atoms with Crippen molar-refractivity contribution in [2.75, 3.05) is 6.54 Å². The normalized spacial score (nSPS) is 10.2. The number of benzene rings is 1. The number of nitrogens with zero attached hydrogens (tertiary/aromatic N) is 1. The Morgan fingerprint density at radius 3 is 2.56 bits per heavy atom. The van der Waals surface area contributed by atoms with Crippen molar-refractivity contribution >= 4 is 11.3 Å². The Labute approximate surface area is 109 Å². The Hall–Kier alpha value is -1.88. The maximum atomic E-state index is 10.3. The van der Waals surface area contributed by atoms with Crippen molar-refractivity contribution < 1.29 is 9.66 Å². The van der Waals surface area contributed by atoms with Crippen LogP contribution in [0.2, 0.25) is 0 Å². The predicted octanol–water partition coefficient (Wildman–Crippen LogP) is 3.15. The molecular formula is C13H13NO3S. The maximum Gasteiger partial charge on any atom is 0.207 e. The molecule has 2 aromatic rings. The van der Waals surface area contributed by atoms with Crippen LogP contribution in [0.5, 0.6) is 5.75 Å². The average Bonchev–Trinajstić information content (AvgIpc) is 2.88. The van der Waals surface area contributed by atoms with Crippen LogP contribution in [0.4, 0.5) is 0 Å². The highest BCUT2D eigenvalue weighted by molar-refractivity contribution is 7.07. The highest BCUT2D eigenvalue weighted by Gasteiger charge is 2.01. The van der Waals surface area contributed by atoms with E-state index >= 15 is 0 Å². The van der Waals surface area contributed by atoms with E-state index in [1.165, 1.54) is 0 Å². The highest BCUT2D eigenvalue weighted by atomic mass is 32.1. The van der Waals surface area contributed by atoms with E-state index in [-0.39, 0.29) is 11.5 Å². The summed E-state index contributed by atoms with van der Waals surface area (Å²) in [7, 11) is 0. The van der Waals surface area contributed by atoms with Crippen LogP contribution in [0.3, 0.4) is 0 Å². The first-order valence-corrected chi connectivity index (χ1v) is 6.53. The zero-order chi connectivity index (χ0) is 12.8. The van der Waals surface area contributed by atoms with Crippen molar-refractivity contribution in [2.45, 2.75) is 13.0 Å². The van der Waals surface area contributed by atoms with E-state index in [0.29, 0.717) is 13.0 Å². The largest absolute Gasteiger partial charge is 0.489 e. The van der Waals surface area contributed by atoms with Gasteiger partial charge in [0.25, 0.3) is 0 Å². The fourth-order valence-corrected chi connectivity index (χ4v) is 2.17. The number of hydrogen-bond acceptors (Lipinski definition) is 4. The summed E-state index contributed by atoms with van der Waals surface area (Å²) >= 11 is 1.64. The second kappa shape index (κ2) is 6.16. The zero-order valence-corrected chi connectivity index (χ0v) is 10.6. The molecule has 5 heteroatoms. The Bertz CT molecular complexity index is 493. The molecular weight excluding hydrogens is 250 g/mol. The second-order valence-corrected chi connectivity index (χ2v) is 4.65. The van der Waals surface area contributed by atoms with Crippen LogP contribution in [0.15, 0.2) is 41.1 Å². The number of hydrogen-bond donors (Lipinski definition) is 0. The van der Waals surface area contributed by atoms with Crippen LogP contribution in [-0.2, 0) is 13.0 Å². The van der Waals surface area contributed by atoms with Gasteiger partial charge in [0.15, 0.2) is 0 Å². The molecule has 0 fully saturated rings. The summed E-state index contributed by atoms with van der Waals surface area (Å²) in [5.74, 6) is 0.783. The lowest BCUT2D eigenvalue weighted by Crippen LogP contribution is -2.03. The van der Waals surface area contributed by atoms with E-state index < -0.39 is 0 Å². The third-order valence-corrected chi connectivity index (χ3v) is 3.22. The first-order chi connectivity index (χ1) is 8.74. The van der Waals surface area contributed by atoms with E-state index in [4.69, 9.17) is 4.74 Å². The molecule has 2 rings (SSSR count). The van der Waals surface area contributed by atoms with Gasteiger partial charge in [-0.2, -0.15) is 11.3 Å². The lowest BCUT2D eigenvalue weighted by atomic mass is 10.1. The Morgan fingerprint density at radius 1 is 1.17 bits per heavy atom. The molecule has 0 amide bonds. The third kappa shape index (κ3) is 3.85. The van der Waals surface area contributed by atoms with E-state index in [9.17, 15) is 10.1 Å². The molecule has 0 atom stereocenters. The topological polar surface area (TPSA) is 52.4 Å². The minimum atomic E-state index is -0.305. The van der Waals surface area contributed by atoms with Crippen LogP contribution in [-0.4, -0.2) is 11.5 Å². The van der Waals surface area contributed by atoms with Gasteiger partial charge in [0.05, 0.1) is 0 Å². The van der Waals surface area contributed by atoms with Gasteiger partial charge >= 0.3 is 0 Å². The van der Waals surface area contributed by atoms with Gasteiger partial charge in [0.1, 0.15) is 12.4 Å². The molecule has 0 saturated carbocycles. The van der Waals surface area contributed by atoms with Gasteiger partial charge in [-0.25, -0.2) is 0 Å². The van der Waals surface area contributed by atoms with E-state index in [0.717, 1.165) is 16.9 Å². The molecule has 18 heavy (non-hydrogen) atoms. The smallest absolute Gasteiger partial charge is 0.207 e. The molecule has 0 radical (unpaired) electrons. The monoisotopic (exact) mass is 263 g/mol. The summed E-state index contributed by atoms with van der Waals surface area (Å²) in [4.78, 5) is 9.95. The van der Waals surface area contributed by atoms with Gasteiger partial charge in [-0.15, -0.1) is 0 Å². The van der Waals surface area contributed by atoms with Crippen molar-refractivity contribution in [3.8, 4) is 5.75 Å². The van der Waals surface area contributed by atoms with Crippen molar-refractivity contribution in [3.63, 3.8) is 0 Å². The fourth-order valence-electron chi connectivity index (χ4n) is 1.51. The average molecular weight is 263 g/mol. The first kappa shape index (κ1) is 12.6. The molecule has 0 saturated heterocycles. The Kier molecular flexibility index (Phi) is 4.30. The summed E-state index contributed by atoms with van der Waals surface area (Å²) in [6.07, 6.45) is 0.456. The molecule has 94 valence electrons. The summed E-state index contributed by atoms with van der Waals surface area (Å²) in [6, 6.07) is 9.46. The summed E-state index contributed by atoms with van der Waals surface area (Å²) in [5, 5.41) is 14.3. The quantitative estimate of drug-likeness (QED) is 0.594. The van der Waals surface area contributed by atoms with Gasteiger partial charge in [-0.3, -0.25) is 10.1 Å². The minimum absolute atomic E-state index is 0.0326. The minimum Gasteiger partial charge on any atom is -0.489 e. The summed E-state index contributed by atoms with van der Waals surface area (Å²) in [6.45, 7) is 0.521. The SMILES string of the molecule is O=[N+]([O-])CCc1ccc(OCc2ccsc2)cc1. The molecule has 1 heterocycles. The number of rotatable bonds is 6. The molecule has 0 bridgehead atoms. The molecule has 0 unspecified atom stereocenters. The van der Waals surface area contributed by atoms with Gasteiger partial charge in [-0.1, -0.05) is 12.1 Å². The van der Waals surface area contributed by atoms with Crippen LogP contribution in [0.25, 0.3) is 0 Å². The van der Waals surface area contributed by atoms with Gasteiger partial charge in [-0.05, 0) is 40.1 Å². The van der Waals surface area contributed by atoms with E-state index in [1.807, 2.05) is 41.1 Å². The number of nitro groups is 1. The molecule has 1 aromatic carbocycles. The van der Waals surface area contributed by atoms with Gasteiger partial charge < -0.3 is 4.74 Å². The highest BCUT2D eigenvalue weighted by Crippen LogP contribution is 2.15. The molecule has 1 aromatic heterocycles. The van der Waals surface area contributed by atoms with Crippen molar-refractivity contribution in [1.29, 1.82) is 0 Å². The third-order valence-electron chi connectivity index (χ3n) is 2.49. The zero-order valence-electron chi connectivity index (χ0n) is 9.74. The van der Waals surface area contributed by atoms with Crippen LogP contribution in [0.1, 0.15) is 11.1 Å². The van der Waals surface area contributed by atoms with Gasteiger partial charge in [0.2, 0.25) is 6.54 Å². The van der Waals surface area contributed by atoms with Crippen molar-refractivity contribution in [3.05, 3.63) is 62.3 Å².